The van der Waals surface area contributed by atoms with Crippen LogP contribution in [0, 0.1) is 11.7 Å². The average molecular weight is 280 g/mol. The monoisotopic (exact) mass is 280 g/mol. The molecule has 1 aliphatic heterocycles. The summed E-state index contributed by atoms with van der Waals surface area (Å²) in [7, 11) is 1.78. The standard InChI is InChI=1S/C15H21FN2O2/c1-18(15(19)12-4-3-7-17-11-12)8-9-20-14-6-2-5-13(16)10-14/h2,5-6,10,12,17H,3-4,7-9,11H2,1H3/t12-/m0/s1. The van der Waals surface area contributed by atoms with Crippen LogP contribution in [-0.4, -0.2) is 44.1 Å². The second kappa shape index (κ2) is 7.24. The second-order valence-electron chi connectivity index (χ2n) is 5.11. The number of amides is 1. The quantitative estimate of drug-likeness (QED) is 0.892. The largest absolute Gasteiger partial charge is 0.492 e. The van der Waals surface area contributed by atoms with E-state index in [0.717, 1.165) is 25.9 Å². The molecular formula is C15H21FN2O2. The minimum atomic E-state index is -0.319. The van der Waals surface area contributed by atoms with Gasteiger partial charge in [0.05, 0.1) is 12.5 Å². The van der Waals surface area contributed by atoms with E-state index in [4.69, 9.17) is 4.74 Å². The van der Waals surface area contributed by atoms with E-state index >= 15 is 0 Å². The maximum atomic E-state index is 13.0. The van der Waals surface area contributed by atoms with Gasteiger partial charge in [-0.05, 0) is 31.5 Å². The summed E-state index contributed by atoms with van der Waals surface area (Å²) in [6.45, 7) is 2.63. The first kappa shape index (κ1) is 14.8. The van der Waals surface area contributed by atoms with Crippen molar-refractivity contribution in [1.82, 2.24) is 10.2 Å². The topological polar surface area (TPSA) is 41.6 Å². The van der Waals surface area contributed by atoms with Crippen LogP contribution >= 0.6 is 0 Å². The Morgan fingerprint density at radius 2 is 2.40 bits per heavy atom. The maximum Gasteiger partial charge on any atom is 0.226 e. The van der Waals surface area contributed by atoms with E-state index in [1.807, 2.05) is 0 Å². The molecule has 1 aromatic rings. The SMILES string of the molecule is CN(CCOc1cccc(F)c1)C(=O)[C@H]1CCCNC1. The molecule has 5 heteroatoms. The summed E-state index contributed by atoms with van der Waals surface area (Å²) in [6, 6.07) is 6.02. The number of likely N-dealkylation sites (N-methyl/N-ethyl adjacent to an activating group) is 1. The number of benzene rings is 1. The molecular weight excluding hydrogens is 259 g/mol. The summed E-state index contributed by atoms with van der Waals surface area (Å²) < 4.78 is 18.4. The molecule has 110 valence electrons. The minimum Gasteiger partial charge on any atom is -0.492 e. The molecule has 0 radical (unpaired) electrons. The van der Waals surface area contributed by atoms with Crippen molar-refractivity contribution >= 4 is 5.91 Å². The molecule has 1 atom stereocenters. The Hall–Kier alpha value is -1.62. The van der Waals surface area contributed by atoms with Crippen LogP contribution < -0.4 is 10.1 Å². The Balaban J connectivity index is 1.74. The van der Waals surface area contributed by atoms with Crippen molar-refractivity contribution in [3.05, 3.63) is 30.1 Å². The van der Waals surface area contributed by atoms with Gasteiger partial charge in [-0.2, -0.15) is 0 Å². The van der Waals surface area contributed by atoms with Gasteiger partial charge in [-0.25, -0.2) is 4.39 Å². The zero-order valence-electron chi connectivity index (χ0n) is 11.8. The Labute approximate surface area is 118 Å². The fourth-order valence-corrected chi connectivity index (χ4v) is 2.34. The second-order valence-corrected chi connectivity index (χ2v) is 5.11. The lowest BCUT2D eigenvalue weighted by Crippen LogP contribution is -2.42. The third-order valence-corrected chi connectivity index (χ3v) is 3.51. The van der Waals surface area contributed by atoms with Crippen molar-refractivity contribution in [2.45, 2.75) is 12.8 Å². The van der Waals surface area contributed by atoms with Crippen molar-refractivity contribution in [2.24, 2.45) is 5.92 Å². The van der Waals surface area contributed by atoms with Gasteiger partial charge in [0, 0.05) is 19.7 Å². The number of nitrogens with zero attached hydrogens (tertiary/aromatic N) is 1. The van der Waals surface area contributed by atoms with E-state index < -0.39 is 0 Å². The van der Waals surface area contributed by atoms with E-state index in [9.17, 15) is 9.18 Å². The van der Waals surface area contributed by atoms with Crippen LogP contribution in [-0.2, 0) is 4.79 Å². The molecule has 0 aromatic heterocycles. The Bertz CT molecular complexity index is 447. The summed E-state index contributed by atoms with van der Waals surface area (Å²) in [5.41, 5.74) is 0. The van der Waals surface area contributed by atoms with Gasteiger partial charge in [-0.15, -0.1) is 0 Å². The fraction of sp³-hybridized carbons (Fsp3) is 0.533. The fourth-order valence-electron chi connectivity index (χ4n) is 2.34. The Kier molecular flexibility index (Phi) is 5.35. The lowest BCUT2D eigenvalue weighted by molar-refractivity contribution is -0.135. The highest BCUT2D eigenvalue weighted by atomic mass is 19.1. The van der Waals surface area contributed by atoms with Crippen LogP contribution in [0.3, 0.4) is 0 Å². The molecule has 1 saturated heterocycles. The molecule has 1 fully saturated rings. The number of halogens is 1. The third kappa shape index (κ3) is 4.20. The number of nitrogens with one attached hydrogen (secondary N) is 1. The number of carbonyl (C=O) groups excluding carboxylic acids is 1. The summed E-state index contributed by atoms with van der Waals surface area (Å²) in [5.74, 6) is 0.397. The van der Waals surface area contributed by atoms with Gasteiger partial charge in [-0.1, -0.05) is 6.07 Å². The minimum absolute atomic E-state index is 0.0721. The predicted octanol–water partition coefficient (Wildman–Crippen LogP) is 1.66. The molecule has 4 nitrogen and oxygen atoms in total. The predicted molar refractivity (Wildman–Crippen MR) is 75.1 cm³/mol. The smallest absolute Gasteiger partial charge is 0.226 e. The number of piperidine rings is 1. The van der Waals surface area contributed by atoms with Gasteiger partial charge in [-0.3, -0.25) is 4.79 Å². The van der Waals surface area contributed by atoms with Gasteiger partial charge >= 0.3 is 0 Å². The molecule has 0 bridgehead atoms. The van der Waals surface area contributed by atoms with E-state index in [0.29, 0.717) is 18.9 Å². The molecule has 20 heavy (non-hydrogen) atoms. The van der Waals surface area contributed by atoms with Crippen LogP contribution in [0.1, 0.15) is 12.8 Å². The summed E-state index contributed by atoms with van der Waals surface area (Å²) in [5, 5.41) is 3.24. The zero-order chi connectivity index (χ0) is 14.4. The first-order valence-corrected chi connectivity index (χ1v) is 7.01. The highest BCUT2D eigenvalue weighted by molar-refractivity contribution is 5.78. The third-order valence-electron chi connectivity index (χ3n) is 3.51. The number of ether oxygens (including phenoxy) is 1. The van der Waals surface area contributed by atoms with Crippen LogP contribution in [0.2, 0.25) is 0 Å². The number of rotatable bonds is 5. The molecule has 1 amide bonds. The number of carbonyl (C=O) groups is 1. The highest BCUT2D eigenvalue weighted by Gasteiger charge is 2.23. The molecule has 1 heterocycles. The van der Waals surface area contributed by atoms with E-state index in [-0.39, 0.29) is 17.6 Å². The number of hydrogen-bond donors (Lipinski definition) is 1. The molecule has 1 N–H and O–H groups in total. The molecule has 2 rings (SSSR count). The van der Waals surface area contributed by atoms with Gasteiger partial charge in [0.2, 0.25) is 5.91 Å². The lowest BCUT2D eigenvalue weighted by Gasteiger charge is -2.27. The van der Waals surface area contributed by atoms with Gasteiger partial charge in [0.25, 0.3) is 0 Å². The number of hydrogen-bond acceptors (Lipinski definition) is 3. The lowest BCUT2D eigenvalue weighted by atomic mass is 9.98. The molecule has 0 aliphatic carbocycles. The van der Waals surface area contributed by atoms with Crippen molar-refractivity contribution in [3.63, 3.8) is 0 Å². The first-order valence-electron chi connectivity index (χ1n) is 7.01. The van der Waals surface area contributed by atoms with Gasteiger partial charge in [0.15, 0.2) is 0 Å². The highest BCUT2D eigenvalue weighted by Crippen LogP contribution is 2.14. The van der Waals surface area contributed by atoms with E-state index in [1.54, 1.807) is 24.1 Å². The van der Waals surface area contributed by atoms with Crippen molar-refractivity contribution < 1.29 is 13.9 Å². The summed E-state index contributed by atoms with van der Waals surface area (Å²) in [4.78, 5) is 13.9. The molecule has 0 saturated carbocycles. The van der Waals surface area contributed by atoms with Crippen LogP contribution in [0.25, 0.3) is 0 Å². The first-order chi connectivity index (χ1) is 9.66. The Morgan fingerprint density at radius 1 is 1.55 bits per heavy atom. The summed E-state index contributed by atoms with van der Waals surface area (Å²) >= 11 is 0. The van der Waals surface area contributed by atoms with Crippen LogP contribution in [0.15, 0.2) is 24.3 Å². The maximum absolute atomic E-state index is 13.0. The van der Waals surface area contributed by atoms with Gasteiger partial charge in [0.1, 0.15) is 18.2 Å². The molecule has 1 aliphatic rings. The molecule has 1 aromatic carbocycles. The van der Waals surface area contributed by atoms with Crippen molar-refractivity contribution in [1.29, 1.82) is 0 Å². The molecule has 0 spiro atoms. The normalized spacial score (nSPS) is 18.6. The van der Waals surface area contributed by atoms with Crippen molar-refractivity contribution in [2.75, 3.05) is 33.3 Å². The van der Waals surface area contributed by atoms with E-state index in [2.05, 4.69) is 5.32 Å². The van der Waals surface area contributed by atoms with Crippen LogP contribution in [0.4, 0.5) is 4.39 Å². The zero-order valence-corrected chi connectivity index (χ0v) is 11.8. The van der Waals surface area contributed by atoms with Gasteiger partial charge < -0.3 is 15.0 Å². The molecule has 0 unspecified atom stereocenters. The van der Waals surface area contributed by atoms with E-state index in [1.165, 1.54) is 12.1 Å². The Morgan fingerprint density at radius 3 is 3.10 bits per heavy atom. The van der Waals surface area contributed by atoms with Crippen molar-refractivity contribution in [3.8, 4) is 5.75 Å². The van der Waals surface area contributed by atoms with Crippen LogP contribution in [0.5, 0.6) is 5.75 Å². The summed E-state index contributed by atoms with van der Waals surface area (Å²) in [6.07, 6.45) is 1.99. The average Bonchev–Trinajstić information content (AvgIpc) is 2.47.